The van der Waals surface area contributed by atoms with Crippen LogP contribution >= 0.6 is 11.8 Å². The molecule has 0 saturated carbocycles. The number of nitrogens with one attached hydrogen (secondary N) is 1. The Morgan fingerprint density at radius 3 is 2.53 bits per heavy atom. The summed E-state index contributed by atoms with van der Waals surface area (Å²) in [6.45, 7) is 1.95. The maximum Gasteiger partial charge on any atom is 0.247 e. The minimum atomic E-state index is -0.531. The maximum absolute atomic E-state index is 12.7. The van der Waals surface area contributed by atoms with Crippen molar-refractivity contribution < 1.29 is 14.4 Å². The van der Waals surface area contributed by atoms with Gasteiger partial charge in [0.1, 0.15) is 0 Å². The highest BCUT2D eigenvalue weighted by molar-refractivity contribution is 8.01. The molecule has 1 fully saturated rings. The first-order valence-electron chi connectivity index (χ1n) is 9.85. The second-order valence-corrected chi connectivity index (χ2v) is 8.46. The fourth-order valence-corrected chi connectivity index (χ4v) is 4.69. The SMILES string of the molecule is C[C@@H](NC(=O)CS[C@@H]1CC(=O)N(c2ccccc2)C1=O)c1cccc2ccccc12. The lowest BCUT2D eigenvalue weighted by molar-refractivity contribution is -0.121. The molecule has 3 amide bonds. The number of rotatable bonds is 6. The van der Waals surface area contributed by atoms with Gasteiger partial charge in [-0.15, -0.1) is 11.8 Å². The normalized spacial score (nSPS) is 17.4. The van der Waals surface area contributed by atoms with Crippen LogP contribution in [0.3, 0.4) is 0 Å². The molecule has 4 rings (SSSR count). The largest absolute Gasteiger partial charge is 0.349 e. The van der Waals surface area contributed by atoms with Gasteiger partial charge in [-0.2, -0.15) is 0 Å². The van der Waals surface area contributed by atoms with Gasteiger partial charge in [0.05, 0.1) is 22.7 Å². The van der Waals surface area contributed by atoms with E-state index in [0.717, 1.165) is 16.3 Å². The predicted molar refractivity (Wildman–Crippen MR) is 120 cm³/mol. The van der Waals surface area contributed by atoms with Gasteiger partial charge in [0.25, 0.3) is 0 Å². The predicted octanol–water partition coefficient (Wildman–Crippen LogP) is 4.08. The number of hydrogen-bond donors (Lipinski definition) is 1. The van der Waals surface area contributed by atoms with E-state index in [2.05, 4.69) is 5.32 Å². The smallest absolute Gasteiger partial charge is 0.247 e. The first kappa shape index (κ1) is 20.2. The third kappa shape index (κ3) is 4.09. The molecule has 3 aromatic carbocycles. The molecule has 1 aliphatic rings. The van der Waals surface area contributed by atoms with Crippen molar-refractivity contribution in [2.75, 3.05) is 10.7 Å². The van der Waals surface area contributed by atoms with Crippen molar-refractivity contribution >= 4 is 45.9 Å². The van der Waals surface area contributed by atoms with Crippen LogP contribution in [0.25, 0.3) is 10.8 Å². The molecule has 3 aromatic rings. The number of hydrogen-bond acceptors (Lipinski definition) is 4. The van der Waals surface area contributed by atoms with Gasteiger partial charge < -0.3 is 5.32 Å². The molecule has 0 radical (unpaired) electrons. The van der Waals surface area contributed by atoms with Crippen LogP contribution in [-0.4, -0.2) is 28.7 Å². The summed E-state index contributed by atoms with van der Waals surface area (Å²) >= 11 is 1.22. The molecule has 1 saturated heterocycles. The minimum Gasteiger partial charge on any atom is -0.349 e. The average molecular weight is 419 g/mol. The first-order chi connectivity index (χ1) is 14.5. The Hall–Kier alpha value is -3.12. The Labute approximate surface area is 179 Å². The first-order valence-corrected chi connectivity index (χ1v) is 10.9. The van der Waals surface area contributed by atoms with Crippen LogP contribution in [-0.2, 0) is 14.4 Å². The molecule has 1 heterocycles. The van der Waals surface area contributed by atoms with Crippen molar-refractivity contribution in [1.82, 2.24) is 5.32 Å². The van der Waals surface area contributed by atoms with Gasteiger partial charge in [-0.05, 0) is 35.4 Å². The number of carbonyl (C=O) groups is 3. The molecule has 0 spiro atoms. The van der Waals surface area contributed by atoms with Crippen LogP contribution in [0.5, 0.6) is 0 Å². The van der Waals surface area contributed by atoms with Crippen LogP contribution in [0.15, 0.2) is 72.8 Å². The van der Waals surface area contributed by atoms with E-state index >= 15 is 0 Å². The lowest BCUT2D eigenvalue weighted by atomic mass is 10.00. The fourth-order valence-electron chi connectivity index (χ4n) is 3.75. The molecule has 6 heteroatoms. The van der Waals surface area contributed by atoms with Crippen LogP contribution in [0.2, 0.25) is 0 Å². The maximum atomic E-state index is 12.7. The average Bonchev–Trinajstić information content (AvgIpc) is 3.05. The highest BCUT2D eigenvalue weighted by atomic mass is 32.2. The summed E-state index contributed by atoms with van der Waals surface area (Å²) in [5.74, 6) is -0.514. The third-order valence-electron chi connectivity index (χ3n) is 5.20. The number of imide groups is 1. The number of benzene rings is 3. The Bertz CT molecular complexity index is 1090. The number of para-hydroxylation sites is 1. The van der Waals surface area contributed by atoms with Gasteiger partial charge >= 0.3 is 0 Å². The Morgan fingerprint density at radius 1 is 1.03 bits per heavy atom. The van der Waals surface area contributed by atoms with Crippen LogP contribution in [0.4, 0.5) is 5.69 Å². The molecule has 0 aliphatic carbocycles. The standard InChI is InChI=1S/C24H22N2O3S/c1-16(19-13-7-9-17-8-5-6-12-20(17)19)25-22(27)15-30-21-14-23(28)26(24(21)29)18-10-3-2-4-11-18/h2-13,16,21H,14-15H2,1H3,(H,25,27)/t16-,21-/m1/s1. The summed E-state index contributed by atoms with van der Waals surface area (Å²) in [7, 11) is 0. The number of amides is 3. The third-order valence-corrected chi connectivity index (χ3v) is 6.40. The summed E-state index contributed by atoms with van der Waals surface area (Å²) in [6.07, 6.45) is 0.116. The second kappa shape index (κ2) is 8.71. The number of fused-ring (bicyclic) bond motifs is 1. The van der Waals surface area contributed by atoms with E-state index in [1.807, 2.05) is 55.5 Å². The molecule has 2 atom stereocenters. The quantitative estimate of drug-likeness (QED) is 0.613. The Kier molecular flexibility index (Phi) is 5.86. The summed E-state index contributed by atoms with van der Waals surface area (Å²) in [4.78, 5) is 38.7. The highest BCUT2D eigenvalue weighted by Crippen LogP contribution is 2.30. The summed E-state index contributed by atoms with van der Waals surface area (Å²) < 4.78 is 0. The van der Waals surface area contributed by atoms with E-state index < -0.39 is 5.25 Å². The van der Waals surface area contributed by atoms with Crippen LogP contribution in [0.1, 0.15) is 24.9 Å². The van der Waals surface area contributed by atoms with E-state index in [1.54, 1.807) is 24.3 Å². The van der Waals surface area contributed by atoms with Crippen molar-refractivity contribution in [2.24, 2.45) is 0 Å². The molecular weight excluding hydrogens is 396 g/mol. The van der Waals surface area contributed by atoms with E-state index in [-0.39, 0.29) is 35.9 Å². The summed E-state index contributed by atoms with van der Waals surface area (Å²) in [6, 6.07) is 22.8. The van der Waals surface area contributed by atoms with Crippen molar-refractivity contribution in [2.45, 2.75) is 24.6 Å². The van der Waals surface area contributed by atoms with E-state index in [0.29, 0.717) is 5.69 Å². The van der Waals surface area contributed by atoms with Gasteiger partial charge in [-0.3, -0.25) is 14.4 Å². The molecule has 1 aliphatic heterocycles. The van der Waals surface area contributed by atoms with Gasteiger partial charge in [-0.25, -0.2) is 4.90 Å². The molecule has 1 N–H and O–H groups in total. The molecule has 0 aromatic heterocycles. The van der Waals surface area contributed by atoms with Gasteiger partial charge in [0.15, 0.2) is 0 Å². The number of nitrogens with zero attached hydrogens (tertiary/aromatic N) is 1. The Morgan fingerprint density at radius 2 is 1.73 bits per heavy atom. The van der Waals surface area contributed by atoms with Crippen LogP contribution < -0.4 is 10.2 Å². The molecule has 30 heavy (non-hydrogen) atoms. The summed E-state index contributed by atoms with van der Waals surface area (Å²) in [5, 5.41) is 4.71. The zero-order valence-electron chi connectivity index (χ0n) is 16.6. The lowest BCUT2D eigenvalue weighted by Gasteiger charge is -2.17. The molecule has 0 unspecified atom stereocenters. The fraction of sp³-hybridized carbons (Fsp3) is 0.208. The zero-order valence-corrected chi connectivity index (χ0v) is 17.4. The van der Waals surface area contributed by atoms with Crippen molar-refractivity contribution in [1.29, 1.82) is 0 Å². The highest BCUT2D eigenvalue weighted by Gasteiger charge is 2.40. The molecule has 5 nitrogen and oxygen atoms in total. The van der Waals surface area contributed by atoms with E-state index in [1.165, 1.54) is 16.7 Å². The molecule has 152 valence electrons. The van der Waals surface area contributed by atoms with Gasteiger partial charge in [0, 0.05) is 6.42 Å². The summed E-state index contributed by atoms with van der Waals surface area (Å²) in [5.41, 5.74) is 1.62. The van der Waals surface area contributed by atoms with E-state index in [9.17, 15) is 14.4 Å². The van der Waals surface area contributed by atoms with Gasteiger partial charge in [-0.1, -0.05) is 60.7 Å². The molecule has 0 bridgehead atoms. The number of anilines is 1. The number of carbonyl (C=O) groups excluding carboxylic acids is 3. The van der Waals surface area contributed by atoms with Crippen molar-refractivity contribution in [3.8, 4) is 0 Å². The zero-order chi connectivity index (χ0) is 21.1. The number of thioether (sulfide) groups is 1. The van der Waals surface area contributed by atoms with Crippen LogP contribution in [0, 0.1) is 0 Å². The Balaban J connectivity index is 1.37. The molecular formula is C24H22N2O3S. The second-order valence-electron chi connectivity index (χ2n) is 7.26. The topological polar surface area (TPSA) is 66.5 Å². The van der Waals surface area contributed by atoms with E-state index in [4.69, 9.17) is 0 Å². The van der Waals surface area contributed by atoms with Crippen molar-refractivity contribution in [3.05, 3.63) is 78.4 Å². The van der Waals surface area contributed by atoms with Crippen molar-refractivity contribution in [3.63, 3.8) is 0 Å². The monoisotopic (exact) mass is 418 g/mol. The minimum absolute atomic E-state index is 0.116. The lowest BCUT2D eigenvalue weighted by Crippen LogP contribution is -2.32. The van der Waals surface area contributed by atoms with Gasteiger partial charge in [0.2, 0.25) is 17.7 Å².